The number of benzene rings is 1. The maximum Gasteiger partial charge on any atom is 0.123 e. The Kier molecular flexibility index (Phi) is 0.703. The molecule has 2 nitrogen and oxygen atoms in total. The standard InChI is InChI=1S/C11H10O2/c12-7-3-6-5-1-2-11(4-5)8(7)9(11)10(6)13/h3,5,12-13H,1-2,4H2. The summed E-state index contributed by atoms with van der Waals surface area (Å²) in [7, 11) is 0. The van der Waals surface area contributed by atoms with Gasteiger partial charge in [-0.1, -0.05) is 0 Å². The molecule has 1 aromatic rings. The summed E-state index contributed by atoms with van der Waals surface area (Å²) < 4.78 is 0. The summed E-state index contributed by atoms with van der Waals surface area (Å²) in [5, 5.41) is 19.6. The van der Waals surface area contributed by atoms with E-state index in [-0.39, 0.29) is 5.41 Å². The van der Waals surface area contributed by atoms with E-state index in [1.165, 1.54) is 6.42 Å². The van der Waals surface area contributed by atoms with Gasteiger partial charge in [0.05, 0.1) is 0 Å². The van der Waals surface area contributed by atoms with Crippen molar-refractivity contribution < 1.29 is 10.2 Å². The maximum atomic E-state index is 9.87. The fraction of sp³-hybridized carbons (Fsp3) is 0.455. The third kappa shape index (κ3) is 0.438. The molecule has 1 fully saturated rings. The smallest absolute Gasteiger partial charge is 0.123 e. The molecule has 0 aliphatic heterocycles. The lowest BCUT2D eigenvalue weighted by atomic mass is 9.90. The monoisotopic (exact) mass is 174 g/mol. The van der Waals surface area contributed by atoms with Crippen LogP contribution in [-0.4, -0.2) is 10.2 Å². The van der Waals surface area contributed by atoms with Crippen LogP contribution in [0.15, 0.2) is 6.07 Å². The highest BCUT2D eigenvalue weighted by Crippen LogP contribution is 2.73. The van der Waals surface area contributed by atoms with Gasteiger partial charge in [0.25, 0.3) is 0 Å². The van der Waals surface area contributed by atoms with Gasteiger partial charge in [-0.15, -0.1) is 0 Å². The van der Waals surface area contributed by atoms with Crippen molar-refractivity contribution in [3.63, 3.8) is 0 Å². The maximum absolute atomic E-state index is 9.87. The first-order chi connectivity index (χ1) is 6.24. The molecular weight excluding hydrogens is 164 g/mol. The molecule has 1 saturated carbocycles. The summed E-state index contributed by atoms with van der Waals surface area (Å²) in [5.41, 5.74) is 3.22. The van der Waals surface area contributed by atoms with Crippen LogP contribution in [0.4, 0.5) is 0 Å². The molecule has 4 rings (SSSR count). The summed E-state index contributed by atoms with van der Waals surface area (Å²) >= 11 is 0. The number of phenols is 2. The van der Waals surface area contributed by atoms with Gasteiger partial charge in [-0.05, 0) is 31.2 Å². The molecular formula is C11H10O2. The summed E-state index contributed by atoms with van der Waals surface area (Å²) in [6, 6.07) is 1.77. The summed E-state index contributed by atoms with van der Waals surface area (Å²) in [6.45, 7) is 0. The SMILES string of the molecule is Oc1cc2c(O)c3c1C31CCC2C1. The fourth-order valence-electron chi connectivity index (χ4n) is 3.59. The van der Waals surface area contributed by atoms with Crippen LogP contribution in [0.25, 0.3) is 0 Å². The van der Waals surface area contributed by atoms with Crippen LogP contribution in [-0.2, 0) is 5.41 Å². The van der Waals surface area contributed by atoms with Crippen molar-refractivity contribution >= 4 is 0 Å². The molecule has 0 saturated heterocycles. The van der Waals surface area contributed by atoms with Crippen LogP contribution in [0.3, 0.4) is 0 Å². The molecule has 13 heavy (non-hydrogen) atoms. The van der Waals surface area contributed by atoms with Gasteiger partial charge in [-0.3, -0.25) is 0 Å². The highest BCUT2D eigenvalue weighted by atomic mass is 16.3. The Morgan fingerprint density at radius 2 is 2.15 bits per heavy atom. The van der Waals surface area contributed by atoms with Crippen LogP contribution < -0.4 is 0 Å². The van der Waals surface area contributed by atoms with E-state index in [9.17, 15) is 10.2 Å². The minimum Gasteiger partial charge on any atom is -0.508 e. The molecule has 3 aliphatic rings. The van der Waals surface area contributed by atoms with E-state index in [0.717, 1.165) is 29.5 Å². The van der Waals surface area contributed by atoms with Crippen molar-refractivity contribution in [1.82, 2.24) is 0 Å². The zero-order valence-electron chi connectivity index (χ0n) is 7.17. The van der Waals surface area contributed by atoms with Gasteiger partial charge < -0.3 is 10.2 Å². The molecule has 4 bridgehead atoms. The lowest BCUT2D eigenvalue weighted by molar-refractivity contribution is 0.443. The number of aromatic hydroxyl groups is 2. The number of hydrogen-bond acceptors (Lipinski definition) is 2. The Bertz CT molecular complexity index is 446. The molecule has 0 heterocycles. The van der Waals surface area contributed by atoms with E-state index in [4.69, 9.17) is 0 Å². The first-order valence-electron chi connectivity index (χ1n) is 4.84. The Morgan fingerprint density at radius 3 is 3.00 bits per heavy atom. The molecule has 1 aromatic carbocycles. The second-order valence-corrected chi connectivity index (χ2v) is 4.61. The predicted octanol–water partition coefficient (Wildman–Crippen LogP) is 1.98. The Morgan fingerprint density at radius 1 is 1.31 bits per heavy atom. The van der Waals surface area contributed by atoms with Crippen molar-refractivity contribution in [3.8, 4) is 11.5 Å². The van der Waals surface area contributed by atoms with Gasteiger partial charge in [0.15, 0.2) is 0 Å². The molecule has 0 radical (unpaired) electrons. The van der Waals surface area contributed by atoms with Gasteiger partial charge in [0.1, 0.15) is 11.5 Å². The first-order valence-corrected chi connectivity index (χ1v) is 4.84. The highest BCUT2D eigenvalue weighted by Gasteiger charge is 2.62. The normalized spacial score (nSPS) is 36.5. The largest absolute Gasteiger partial charge is 0.508 e. The van der Waals surface area contributed by atoms with Crippen molar-refractivity contribution in [2.45, 2.75) is 30.6 Å². The Labute approximate surface area is 75.8 Å². The van der Waals surface area contributed by atoms with E-state index < -0.39 is 0 Å². The summed E-state index contributed by atoms with van der Waals surface area (Å²) in [4.78, 5) is 0. The third-order valence-corrected chi connectivity index (χ3v) is 4.16. The molecule has 66 valence electrons. The molecule has 2 unspecified atom stereocenters. The van der Waals surface area contributed by atoms with Crippen molar-refractivity contribution in [3.05, 3.63) is 22.8 Å². The first kappa shape index (κ1) is 6.30. The van der Waals surface area contributed by atoms with Gasteiger partial charge in [-0.2, -0.15) is 0 Å². The van der Waals surface area contributed by atoms with Crippen LogP contribution in [0.5, 0.6) is 11.5 Å². The van der Waals surface area contributed by atoms with Crippen LogP contribution in [0, 0.1) is 0 Å². The zero-order valence-corrected chi connectivity index (χ0v) is 7.17. The summed E-state index contributed by atoms with van der Waals surface area (Å²) in [5.74, 6) is 1.41. The van der Waals surface area contributed by atoms with E-state index in [2.05, 4.69) is 0 Å². The van der Waals surface area contributed by atoms with Crippen molar-refractivity contribution in [1.29, 1.82) is 0 Å². The summed E-state index contributed by atoms with van der Waals surface area (Å²) in [6.07, 6.45) is 3.45. The topological polar surface area (TPSA) is 40.5 Å². The molecule has 0 aromatic heterocycles. The lowest BCUT2D eigenvalue weighted by Crippen LogP contribution is -2.04. The van der Waals surface area contributed by atoms with E-state index in [1.807, 2.05) is 0 Å². The second-order valence-electron chi connectivity index (χ2n) is 4.61. The zero-order chi connectivity index (χ0) is 8.79. The quantitative estimate of drug-likeness (QED) is 0.590. The van der Waals surface area contributed by atoms with Crippen LogP contribution in [0.2, 0.25) is 0 Å². The lowest BCUT2D eigenvalue weighted by Gasteiger charge is -2.15. The minimum atomic E-state index is 0.120. The van der Waals surface area contributed by atoms with Gasteiger partial charge in [-0.25, -0.2) is 0 Å². The van der Waals surface area contributed by atoms with Crippen LogP contribution in [0.1, 0.15) is 41.9 Å². The average Bonchev–Trinajstić information content (AvgIpc) is 2.58. The second kappa shape index (κ2) is 1.45. The number of fused-ring (bicyclic) bond motifs is 3. The van der Waals surface area contributed by atoms with E-state index in [1.54, 1.807) is 6.07 Å². The molecule has 2 heteroatoms. The third-order valence-electron chi connectivity index (χ3n) is 4.16. The molecule has 2 N–H and O–H groups in total. The molecule has 1 spiro atoms. The Hall–Kier alpha value is -1.18. The van der Waals surface area contributed by atoms with Gasteiger partial charge in [0.2, 0.25) is 0 Å². The predicted molar refractivity (Wildman–Crippen MR) is 47.1 cm³/mol. The van der Waals surface area contributed by atoms with E-state index in [0.29, 0.717) is 17.4 Å². The van der Waals surface area contributed by atoms with E-state index >= 15 is 0 Å². The number of hydrogen-bond donors (Lipinski definition) is 2. The highest BCUT2D eigenvalue weighted by molar-refractivity contribution is 5.77. The number of rotatable bonds is 0. The van der Waals surface area contributed by atoms with Gasteiger partial charge >= 0.3 is 0 Å². The molecule has 3 aliphatic carbocycles. The van der Waals surface area contributed by atoms with Crippen molar-refractivity contribution in [2.24, 2.45) is 0 Å². The van der Waals surface area contributed by atoms with Crippen LogP contribution >= 0.6 is 0 Å². The number of phenolic OH excluding ortho intramolecular Hbond substituents is 2. The van der Waals surface area contributed by atoms with Crippen molar-refractivity contribution in [2.75, 3.05) is 0 Å². The average molecular weight is 174 g/mol. The Balaban J connectivity index is 2.20. The minimum absolute atomic E-state index is 0.120. The molecule has 0 amide bonds. The van der Waals surface area contributed by atoms with Gasteiger partial charge in [0, 0.05) is 22.1 Å². The fourth-order valence-corrected chi connectivity index (χ4v) is 3.59. The molecule has 2 atom stereocenters.